The molecule has 1 fully saturated rings. The zero-order chi connectivity index (χ0) is 23.7. The van der Waals surface area contributed by atoms with E-state index >= 15 is 0 Å². The second-order valence-corrected chi connectivity index (χ2v) is 9.05. The highest BCUT2D eigenvalue weighted by Gasteiger charge is 2.39. The zero-order valence-electron chi connectivity index (χ0n) is 18.7. The zero-order valence-corrected chi connectivity index (χ0v) is 18.7. The van der Waals surface area contributed by atoms with Gasteiger partial charge in [-0.1, -0.05) is 50.2 Å². The minimum atomic E-state index is -0.974. The summed E-state index contributed by atoms with van der Waals surface area (Å²) >= 11 is 0. The second-order valence-electron chi connectivity index (χ2n) is 9.05. The van der Waals surface area contributed by atoms with Gasteiger partial charge in [-0.3, -0.25) is 4.79 Å². The van der Waals surface area contributed by atoms with E-state index in [0.29, 0.717) is 0 Å². The molecule has 0 heterocycles. The maximum atomic E-state index is 12.9. The molecule has 33 heavy (non-hydrogen) atoms. The molecule has 3 aromatic carbocycles. The molecule has 6 heteroatoms. The first-order valence-corrected chi connectivity index (χ1v) is 11.1. The molecule has 1 atom stereocenters. The average molecular weight is 446 g/mol. The number of hydrogen-bond donors (Lipinski definition) is 2. The van der Waals surface area contributed by atoms with Gasteiger partial charge in [0.15, 0.2) is 0 Å². The largest absolute Gasteiger partial charge is 0.480 e. The van der Waals surface area contributed by atoms with E-state index in [-0.39, 0.29) is 29.9 Å². The molecule has 0 aliphatic heterocycles. The van der Waals surface area contributed by atoms with Crippen LogP contribution in [-0.4, -0.2) is 39.0 Å². The Bertz CT molecular complexity index is 1210. The van der Waals surface area contributed by atoms with E-state index in [0.717, 1.165) is 40.3 Å². The Kier molecular flexibility index (Phi) is 6.18. The van der Waals surface area contributed by atoms with Crippen LogP contribution < -0.4 is 0 Å². The molecule has 1 saturated carbocycles. The molecule has 0 radical (unpaired) electrons. The molecule has 6 nitrogen and oxygen atoms in total. The SMILES string of the molecule is CC(C)C(C(=O)O)N(Cc1ccc2cc(-c3ccc(C(=O)O)cc3)ccc2c1)C(=O)C1CC1. The lowest BCUT2D eigenvalue weighted by Crippen LogP contribution is -2.48. The van der Waals surface area contributed by atoms with Crippen molar-refractivity contribution in [3.63, 3.8) is 0 Å². The van der Waals surface area contributed by atoms with Crippen molar-refractivity contribution in [2.24, 2.45) is 11.8 Å². The fourth-order valence-electron chi connectivity index (χ4n) is 4.23. The molecule has 3 aromatic rings. The number of aromatic carboxylic acids is 1. The molecule has 170 valence electrons. The average Bonchev–Trinajstić information content (AvgIpc) is 3.63. The molecular weight excluding hydrogens is 418 g/mol. The highest BCUT2D eigenvalue weighted by molar-refractivity contribution is 5.90. The number of nitrogens with zero attached hydrogens (tertiary/aromatic N) is 1. The Morgan fingerprint density at radius 2 is 1.48 bits per heavy atom. The van der Waals surface area contributed by atoms with Crippen molar-refractivity contribution in [2.75, 3.05) is 0 Å². The van der Waals surface area contributed by atoms with Gasteiger partial charge >= 0.3 is 11.9 Å². The summed E-state index contributed by atoms with van der Waals surface area (Å²) in [7, 11) is 0. The predicted octanol–water partition coefficient (Wildman–Crippen LogP) is 5.05. The van der Waals surface area contributed by atoms with Crippen molar-refractivity contribution in [3.05, 3.63) is 71.8 Å². The number of rotatable bonds is 8. The Balaban J connectivity index is 1.61. The standard InChI is InChI=1S/C27H27NO5/c1-16(2)24(27(32)33)28(25(29)19-7-8-19)15-17-3-4-23-14-22(12-11-21(23)13-17)18-5-9-20(10-6-18)26(30)31/h3-6,9-14,16,19,24H,7-8,15H2,1-2H3,(H,30,31)(H,32,33). The lowest BCUT2D eigenvalue weighted by atomic mass is 9.98. The van der Waals surface area contributed by atoms with Crippen LogP contribution in [0.4, 0.5) is 0 Å². The fraction of sp³-hybridized carbons (Fsp3) is 0.296. The van der Waals surface area contributed by atoms with Gasteiger partial charge in [0.05, 0.1) is 5.56 Å². The molecule has 0 saturated heterocycles. The van der Waals surface area contributed by atoms with Crippen LogP contribution in [0.25, 0.3) is 21.9 Å². The van der Waals surface area contributed by atoms with Crippen molar-refractivity contribution >= 4 is 28.6 Å². The first kappa shape index (κ1) is 22.5. The van der Waals surface area contributed by atoms with Gasteiger partial charge in [-0.25, -0.2) is 9.59 Å². The number of carbonyl (C=O) groups is 3. The number of aliphatic carboxylic acids is 1. The summed E-state index contributed by atoms with van der Waals surface area (Å²) in [6.45, 7) is 3.92. The van der Waals surface area contributed by atoms with E-state index in [2.05, 4.69) is 0 Å². The number of fused-ring (bicyclic) bond motifs is 1. The van der Waals surface area contributed by atoms with E-state index in [1.165, 1.54) is 4.90 Å². The van der Waals surface area contributed by atoms with Crippen molar-refractivity contribution in [3.8, 4) is 11.1 Å². The molecule has 0 spiro atoms. The maximum Gasteiger partial charge on any atom is 0.335 e. The maximum absolute atomic E-state index is 12.9. The molecule has 1 aliphatic rings. The number of carboxylic acids is 2. The normalized spacial score (nSPS) is 14.3. The summed E-state index contributed by atoms with van der Waals surface area (Å²) in [5, 5.41) is 20.9. The number of amides is 1. The molecule has 0 aromatic heterocycles. The molecule has 4 rings (SSSR count). The number of benzene rings is 3. The molecule has 1 aliphatic carbocycles. The van der Waals surface area contributed by atoms with E-state index in [9.17, 15) is 19.5 Å². The Morgan fingerprint density at radius 3 is 2.06 bits per heavy atom. The van der Waals surface area contributed by atoms with Crippen LogP contribution in [0.2, 0.25) is 0 Å². The van der Waals surface area contributed by atoms with Crippen LogP contribution in [0.5, 0.6) is 0 Å². The van der Waals surface area contributed by atoms with Crippen molar-refractivity contribution in [2.45, 2.75) is 39.3 Å². The summed E-state index contributed by atoms with van der Waals surface area (Å²) in [4.78, 5) is 37.5. The minimum Gasteiger partial charge on any atom is -0.480 e. The number of carbonyl (C=O) groups excluding carboxylic acids is 1. The van der Waals surface area contributed by atoms with Crippen molar-refractivity contribution < 1.29 is 24.6 Å². The van der Waals surface area contributed by atoms with Crippen LogP contribution in [0.3, 0.4) is 0 Å². The summed E-state index contributed by atoms with van der Waals surface area (Å²) in [5.74, 6) is -2.25. The van der Waals surface area contributed by atoms with Gasteiger partial charge in [-0.05, 0) is 70.5 Å². The van der Waals surface area contributed by atoms with E-state index < -0.39 is 18.0 Å². The van der Waals surface area contributed by atoms with Gasteiger partial charge in [-0.15, -0.1) is 0 Å². The van der Waals surface area contributed by atoms with Gasteiger partial charge in [0, 0.05) is 12.5 Å². The third-order valence-electron chi connectivity index (χ3n) is 6.15. The lowest BCUT2D eigenvalue weighted by Gasteiger charge is -2.32. The van der Waals surface area contributed by atoms with Crippen LogP contribution in [-0.2, 0) is 16.1 Å². The van der Waals surface area contributed by atoms with E-state index in [4.69, 9.17) is 5.11 Å². The topological polar surface area (TPSA) is 94.9 Å². The van der Waals surface area contributed by atoms with Gasteiger partial charge < -0.3 is 15.1 Å². The number of hydrogen-bond acceptors (Lipinski definition) is 3. The van der Waals surface area contributed by atoms with Crippen LogP contribution in [0.1, 0.15) is 42.6 Å². The molecule has 1 unspecified atom stereocenters. The second kappa shape index (κ2) is 9.06. The van der Waals surface area contributed by atoms with E-state index in [1.807, 2.05) is 50.2 Å². The predicted molar refractivity (Wildman–Crippen MR) is 126 cm³/mol. The van der Waals surface area contributed by atoms with Gasteiger partial charge in [0.25, 0.3) is 0 Å². The third-order valence-corrected chi connectivity index (χ3v) is 6.15. The first-order chi connectivity index (χ1) is 15.7. The van der Waals surface area contributed by atoms with Gasteiger partial charge in [-0.2, -0.15) is 0 Å². The molecule has 0 bridgehead atoms. The molecular formula is C27H27NO5. The lowest BCUT2D eigenvalue weighted by molar-refractivity contribution is -0.153. The monoisotopic (exact) mass is 445 g/mol. The third kappa shape index (κ3) is 4.90. The highest BCUT2D eigenvalue weighted by atomic mass is 16.4. The Labute approximate surface area is 192 Å². The minimum absolute atomic E-state index is 0.0545. The quantitative estimate of drug-likeness (QED) is 0.506. The molecule has 1 amide bonds. The summed E-state index contributed by atoms with van der Waals surface area (Å²) < 4.78 is 0. The molecule has 2 N–H and O–H groups in total. The van der Waals surface area contributed by atoms with Crippen molar-refractivity contribution in [1.29, 1.82) is 0 Å². The summed E-state index contributed by atoms with van der Waals surface area (Å²) in [6, 6.07) is 17.8. The van der Waals surface area contributed by atoms with Crippen LogP contribution >= 0.6 is 0 Å². The summed E-state index contributed by atoms with van der Waals surface area (Å²) in [5.41, 5.74) is 3.04. The van der Waals surface area contributed by atoms with Crippen LogP contribution in [0.15, 0.2) is 60.7 Å². The number of carboxylic acid groups (broad SMARTS) is 2. The Morgan fingerprint density at radius 1 is 0.879 bits per heavy atom. The van der Waals surface area contributed by atoms with Gasteiger partial charge in [0.2, 0.25) is 5.91 Å². The smallest absolute Gasteiger partial charge is 0.335 e. The van der Waals surface area contributed by atoms with Crippen molar-refractivity contribution in [1.82, 2.24) is 4.90 Å². The summed E-state index contributed by atoms with van der Waals surface area (Å²) in [6.07, 6.45) is 1.65. The Hall–Kier alpha value is -3.67. The fourth-order valence-corrected chi connectivity index (χ4v) is 4.23. The van der Waals surface area contributed by atoms with Crippen LogP contribution in [0, 0.1) is 11.8 Å². The first-order valence-electron chi connectivity index (χ1n) is 11.1. The van der Waals surface area contributed by atoms with Gasteiger partial charge in [0.1, 0.15) is 6.04 Å². The van der Waals surface area contributed by atoms with E-state index in [1.54, 1.807) is 24.3 Å². The highest BCUT2D eigenvalue weighted by Crippen LogP contribution is 2.33.